The van der Waals surface area contributed by atoms with Gasteiger partial charge in [0.1, 0.15) is 0 Å². The summed E-state index contributed by atoms with van der Waals surface area (Å²) in [7, 11) is 0. The van der Waals surface area contributed by atoms with E-state index in [1.54, 1.807) is 10.9 Å². The highest BCUT2D eigenvalue weighted by Crippen LogP contribution is 2.11. The van der Waals surface area contributed by atoms with E-state index in [-0.39, 0.29) is 5.91 Å². The zero-order chi connectivity index (χ0) is 16.8. The van der Waals surface area contributed by atoms with Crippen LogP contribution >= 0.6 is 11.6 Å². The maximum Gasteiger partial charge on any atom is 0.220 e. The first-order chi connectivity index (χ1) is 11.7. The van der Waals surface area contributed by atoms with Crippen LogP contribution in [-0.4, -0.2) is 15.7 Å². The second kappa shape index (κ2) is 7.79. The Bertz CT molecular complexity index is 797. The Morgan fingerprint density at radius 2 is 1.79 bits per heavy atom. The third-order valence-corrected chi connectivity index (χ3v) is 3.95. The molecule has 0 aliphatic rings. The van der Waals surface area contributed by atoms with Crippen molar-refractivity contribution in [2.75, 3.05) is 0 Å². The minimum atomic E-state index is 0.0254. The summed E-state index contributed by atoms with van der Waals surface area (Å²) in [5, 5.41) is 7.95. The topological polar surface area (TPSA) is 46.9 Å². The molecule has 0 fully saturated rings. The number of nitrogens with zero attached hydrogens (tertiary/aromatic N) is 2. The number of aryl methyl sites for hydroxylation is 1. The SMILES string of the molecule is O=C(CCc1ccc(Cl)cc1)NCc1cnn(-c2ccccc2)c1. The lowest BCUT2D eigenvalue weighted by Gasteiger charge is -2.04. The number of halogens is 1. The summed E-state index contributed by atoms with van der Waals surface area (Å²) >= 11 is 5.85. The van der Waals surface area contributed by atoms with E-state index in [0.717, 1.165) is 16.8 Å². The molecule has 0 atom stereocenters. The molecule has 3 rings (SSSR count). The number of amides is 1. The predicted molar refractivity (Wildman–Crippen MR) is 95.2 cm³/mol. The highest BCUT2D eigenvalue weighted by molar-refractivity contribution is 6.30. The maximum absolute atomic E-state index is 12.0. The van der Waals surface area contributed by atoms with Gasteiger partial charge in [0.15, 0.2) is 0 Å². The van der Waals surface area contributed by atoms with Crippen LogP contribution in [0, 0.1) is 0 Å². The minimum absolute atomic E-state index is 0.0254. The first-order valence-corrected chi connectivity index (χ1v) is 8.18. The van der Waals surface area contributed by atoms with Gasteiger partial charge in [-0.2, -0.15) is 5.10 Å². The zero-order valence-electron chi connectivity index (χ0n) is 13.2. The van der Waals surface area contributed by atoms with Gasteiger partial charge in [-0.15, -0.1) is 0 Å². The average Bonchev–Trinajstić information content (AvgIpc) is 3.09. The number of carbonyl (C=O) groups is 1. The van der Waals surface area contributed by atoms with E-state index in [1.165, 1.54) is 0 Å². The number of carbonyl (C=O) groups excluding carboxylic acids is 1. The van der Waals surface area contributed by atoms with Crippen LogP contribution in [0.15, 0.2) is 67.0 Å². The van der Waals surface area contributed by atoms with Gasteiger partial charge in [0.25, 0.3) is 0 Å². The molecule has 0 radical (unpaired) electrons. The molecule has 0 bridgehead atoms. The van der Waals surface area contributed by atoms with Crippen molar-refractivity contribution in [1.29, 1.82) is 0 Å². The molecule has 24 heavy (non-hydrogen) atoms. The predicted octanol–water partition coefficient (Wildman–Crippen LogP) is 3.77. The summed E-state index contributed by atoms with van der Waals surface area (Å²) in [6.45, 7) is 0.478. The molecule has 4 nitrogen and oxygen atoms in total. The van der Waals surface area contributed by atoms with E-state index in [9.17, 15) is 4.79 Å². The van der Waals surface area contributed by atoms with Gasteiger partial charge >= 0.3 is 0 Å². The van der Waals surface area contributed by atoms with E-state index in [4.69, 9.17) is 11.6 Å². The molecule has 1 aromatic heterocycles. The second-order valence-corrected chi connectivity index (χ2v) is 5.97. The standard InChI is InChI=1S/C19H18ClN3O/c20-17-9-6-15(7-10-17)8-11-19(24)21-12-16-13-22-23(14-16)18-4-2-1-3-5-18/h1-7,9-10,13-14H,8,11-12H2,(H,21,24). The van der Waals surface area contributed by atoms with Gasteiger partial charge in [0.05, 0.1) is 11.9 Å². The van der Waals surface area contributed by atoms with Crippen LogP contribution in [0.1, 0.15) is 17.5 Å². The van der Waals surface area contributed by atoms with Crippen molar-refractivity contribution < 1.29 is 4.79 Å². The van der Waals surface area contributed by atoms with Crippen LogP contribution in [0.4, 0.5) is 0 Å². The third kappa shape index (κ3) is 4.46. The van der Waals surface area contributed by atoms with Crippen LogP contribution in [0.25, 0.3) is 5.69 Å². The van der Waals surface area contributed by atoms with Gasteiger partial charge in [0.2, 0.25) is 5.91 Å². The van der Waals surface area contributed by atoms with E-state index < -0.39 is 0 Å². The molecule has 2 aromatic carbocycles. The monoisotopic (exact) mass is 339 g/mol. The summed E-state index contributed by atoms with van der Waals surface area (Å²) in [5.74, 6) is 0.0254. The molecule has 1 N–H and O–H groups in total. The van der Waals surface area contributed by atoms with Crippen molar-refractivity contribution in [3.05, 3.63) is 83.1 Å². The number of aromatic nitrogens is 2. The second-order valence-electron chi connectivity index (χ2n) is 5.53. The van der Waals surface area contributed by atoms with E-state index >= 15 is 0 Å². The van der Waals surface area contributed by atoms with Gasteiger partial charge < -0.3 is 5.32 Å². The van der Waals surface area contributed by atoms with Crippen molar-refractivity contribution in [3.63, 3.8) is 0 Å². The van der Waals surface area contributed by atoms with Crippen molar-refractivity contribution in [3.8, 4) is 5.69 Å². The molecular formula is C19H18ClN3O. The van der Waals surface area contributed by atoms with Crippen molar-refractivity contribution in [2.45, 2.75) is 19.4 Å². The summed E-state index contributed by atoms with van der Waals surface area (Å²) in [6.07, 6.45) is 4.85. The van der Waals surface area contributed by atoms with Crippen LogP contribution < -0.4 is 5.32 Å². The van der Waals surface area contributed by atoms with E-state index in [1.807, 2.05) is 60.8 Å². The lowest BCUT2D eigenvalue weighted by Crippen LogP contribution is -2.22. The molecule has 0 unspecified atom stereocenters. The molecule has 1 heterocycles. The molecule has 0 spiro atoms. The summed E-state index contributed by atoms with van der Waals surface area (Å²) in [6, 6.07) is 17.4. The van der Waals surface area contributed by atoms with Crippen LogP contribution in [0.2, 0.25) is 5.02 Å². The Morgan fingerprint density at radius 1 is 1.04 bits per heavy atom. The fourth-order valence-corrected chi connectivity index (χ4v) is 2.50. The first kappa shape index (κ1) is 16.3. The molecule has 0 aliphatic carbocycles. The Labute approximate surface area is 146 Å². The summed E-state index contributed by atoms with van der Waals surface area (Å²) in [4.78, 5) is 12.0. The fourth-order valence-electron chi connectivity index (χ4n) is 2.37. The average molecular weight is 340 g/mol. The van der Waals surface area contributed by atoms with Crippen LogP contribution in [-0.2, 0) is 17.8 Å². The first-order valence-electron chi connectivity index (χ1n) is 7.81. The largest absolute Gasteiger partial charge is 0.352 e. The van der Waals surface area contributed by atoms with E-state index in [0.29, 0.717) is 24.4 Å². The van der Waals surface area contributed by atoms with Crippen LogP contribution in [0.5, 0.6) is 0 Å². The lowest BCUT2D eigenvalue weighted by molar-refractivity contribution is -0.121. The van der Waals surface area contributed by atoms with Gasteiger partial charge in [-0.05, 0) is 36.2 Å². The van der Waals surface area contributed by atoms with Gasteiger partial charge in [-0.1, -0.05) is 41.9 Å². The Balaban J connectivity index is 1.48. The van der Waals surface area contributed by atoms with Gasteiger partial charge in [-0.3, -0.25) is 4.79 Å². The number of nitrogens with one attached hydrogen (secondary N) is 1. The number of rotatable bonds is 6. The molecule has 1 amide bonds. The molecule has 122 valence electrons. The van der Waals surface area contributed by atoms with Crippen molar-refractivity contribution in [1.82, 2.24) is 15.1 Å². The smallest absolute Gasteiger partial charge is 0.220 e. The van der Waals surface area contributed by atoms with Crippen LogP contribution in [0.3, 0.4) is 0 Å². The molecule has 3 aromatic rings. The highest BCUT2D eigenvalue weighted by atomic mass is 35.5. The normalized spacial score (nSPS) is 10.5. The van der Waals surface area contributed by atoms with Crippen molar-refractivity contribution >= 4 is 17.5 Å². The molecular weight excluding hydrogens is 322 g/mol. The fraction of sp³-hybridized carbons (Fsp3) is 0.158. The van der Waals surface area contributed by atoms with Gasteiger partial charge in [0, 0.05) is 29.7 Å². The quantitative estimate of drug-likeness (QED) is 0.743. The molecule has 0 aliphatic heterocycles. The minimum Gasteiger partial charge on any atom is -0.352 e. The summed E-state index contributed by atoms with van der Waals surface area (Å²) < 4.78 is 1.80. The molecule has 5 heteroatoms. The van der Waals surface area contributed by atoms with Crippen molar-refractivity contribution in [2.24, 2.45) is 0 Å². The number of hydrogen-bond donors (Lipinski definition) is 1. The molecule has 0 saturated carbocycles. The Morgan fingerprint density at radius 3 is 2.54 bits per heavy atom. The zero-order valence-corrected chi connectivity index (χ0v) is 13.9. The lowest BCUT2D eigenvalue weighted by atomic mass is 10.1. The number of benzene rings is 2. The van der Waals surface area contributed by atoms with Gasteiger partial charge in [-0.25, -0.2) is 4.68 Å². The maximum atomic E-state index is 12.0. The molecule has 0 saturated heterocycles. The Kier molecular flexibility index (Phi) is 5.29. The third-order valence-electron chi connectivity index (χ3n) is 3.70. The summed E-state index contributed by atoms with van der Waals surface area (Å²) in [5.41, 5.74) is 3.07. The Hall–Kier alpha value is -2.59. The number of para-hydroxylation sites is 1. The highest BCUT2D eigenvalue weighted by Gasteiger charge is 2.05. The van der Waals surface area contributed by atoms with E-state index in [2.05, 4.69) is 10.4 Å². The number of hydrogen-bond acceptors (Lipinski definition) is 2.